The van der Waals surface area contributed by atoms with E-state index in [-0.39, 0.29) is 5.78 Å². The van der Waals surface area contributed by atoms with Gasteiger partial charge in [0.15, 0.2) is 5.78 Å². The summed E-state index contributed by atoms with van der Waals surface area (Å²) in [4.78, 5) is 17.2. The van der Waals surface area contributed by atoms with Gasteiger partial charge in [0, 0.05) is 30.9 Å². The molecule has 2 aromatic rings. The molecule has 0 amide bonds. The number of nitrogens with zero attached hydrogens (tertiary/aromatic N) is 2. The maximum atomic E-state index is 12.7. The highest BCUT2D eigenvalue weighted by Crippen LogP contribution is 2.18. The van der Waals surface area contributed by atoms with Crippen molar-refractivity contribution in [3.05, 3.63) is 71.3 Å². The van der Waals surface area contributed by atoms with Crippen molar-refractivity contribution in [2.45, 2.75) is 33.2 Å². The lowest BCUT2D eigenvalue weighted by Crippen LogP contribution is -2.23. The van der Waals surface area contributed by atoms with Crippen LogP contribution in [0.4, 0.5) is 5.69 Å². The molecule has 3 nitrogen and oxygen atoms in total. The Morgan fingerprint density at radius 1 is 1.04 bits per heavy atom. The summed E-state index contributed by atoms with van der Waals surface area (Å²) in [6.45, 7) is 7.19. The van der Waals surface area contributed by atoms with Gasteiger partial charge in [-0.2, -0.15) is 0 Å². The van der Waals surface area contributed by atoms with Crippen LogP contribution in [0.1, 0.15) is 48.2 Å². The number of hydrogen-bond donors (Lipinski definition) is 0. The zero-order chi connectivity index (χ0) is 19.6. The highest BCUT2D eigenvalue weighted by atomic mass is 16.1. The summed E-state index contributed by atoms with van der Waals surface area (Å²) in [7, 11) is 4.10. The molecule has 27 heavy (non-hydrogen) atoms. The molecule has 0 atom stereocenters. The van der Waals surface area contributed by atoms with E-state index in [1.54, 1.807) is 6.08 Å². The summed E-state index contributed by atoms with van der Waals surface area (Å²) in [5.74, 6) is 0.0445. The van der Waals surface area contributed by atoms with E-state index in [2.05, 4.69) is 55.9 Å². The minimum absolute atomic E-state index is 0.0445. The Balaban J connectivity index is 2.17. The fraction of sp³-hybridized carbons (Fsp3) is 0.375. The molecule has 0 saturated carbocycles. The van der Waals surface area contributed by atoms with E-state index in [0.717, 1.165) is 42.9 Å². The van der Waals surface area contributed by atoms with Gasteiger partial charge in [-0.25, -0.2) is 0 Å². The van der Waals surface area contributed by atoms with E-state index in [0.29, 0.717) is 0 Å². The molecule has 3 heteroatoms. The topological polar surface area (TPSA) is 23.6 Å². The summed E-state index contributed by atoms with van der Waals surface area (Å²) < 4.78 is 0. The van der Waals surface area contributed by atoms with E-state index < -0.39 is 0 Å². The Bertz CT molecular complexity index is 764. The third kappa shape index (κ3) is 6.37. The molecule has 0 N–H and O–H groups in total. The normalized spacial score (nSPS) is 11.3. The Morgan fingerprint density at radius 2 is 1.81 bits per heavy atom. The molecule has 144 valence electrons. The van der Waals surface area contributed by atoms with Crippen LogP contribution in [0.2, 0.25) is 0 Å². The average molecular weight is 365 g/mol. The van der Waals surface area contributed by atoms with Gasteiger partial charge >= 0.3 is 0 Å². The summed E-state index contributed by atoms with van der Waals surface area (Å²) in [6.07, 6.45) is 5.96. The number of carbonyl (C=O) groups excluding carboxylic acids is 1. The average Bonchev–Trinajstić information content (AvgIpc) is 2.67. The number of carbonyl (C=O) groups is 1. The molecule has 0 saturated heterocycles. The van der Waals surface area contributed by atoms with E-state index in [9.17, 15) is 4.79 Å². The Hall–Kier alpha value is -2.39. The van der Waals surface area contributed by atoms with Gasteiger partial charge in [0.2, 0.25) is 0 Å². The molecule has 0 aliphatic carbocycles. The van der Waals surface area contributed by atoms with Crippen LogP contribution < -0.4 is 4.90 Å². The standard InChI is InChI=1S/C24H32N2O/c1-5-7-17-26(6-2)23-14-10-13-21(18-23)24(27)16-15-20-11-8-9-12-22(20)19-25(3)4/h8-16,18H,5-7,17,19H2,1-4H3/b16-15+. The fourth-order valence-corrected chi connectivity index (χ4v) is 3.12. The Kier molecular flexibility index (Phi) is 8.28. The summed E-state index contributed by atoms with van der Waals surface area (Å²) in [5, 5.41) is 0. The van der Waals surface area contributed by atoms with E-state index >= 15 is 0 Å². The summed E-state index contributed by atoms with van der Waals surface area (Å²) in [6, 6.07) is 16.2. The number of ketones is 1. The van der Waals surface area contributed by atoms with Gasteiger partial charge in [0.1, 0.15) is 0 Å². The van der Waals surface area contributed by atoms with E-state index in [1.807, 2.05) is 36.4 Å². The molecule has 0 bridgehead atoms. The SMILES string of the molecule is CCCCN(CC)c1cccc(C(=O)/C=C/c2ccccc2CN(C)C)c1. The number of unbranched alkanes of at least 4 members (excludes halogenated alkanes) is 1. The van der Waals surface area contributed by atoms with Crippen molar-refractivity contribution in [3.8, 4) is 0 Å². The van der Waals surface area contributed by atoms with Crippen LogP contribution in [0.5, 0.6) is 0 Å². The zero-order valence-corrected chi connectivity index (χ0v) is 17.1. The maximum absolute atomic E-state index is 12.7. The maximum Gasteiger partial charge on any atom is 0.185 e. The molecule has 0 aliphatic heterocycles. The molecule has 2 aromatic carbocycles. The van der Waals surface area contributed by atoms with Crippen LogP contribution in [0, 0.1) is 0 Å². The van der Waals surface area contributed by atoms with Gasteiger partial charge < -0.3 is 9.80 Å². The second-order valence-electron chi connectivity index (χ2n) is 7.12. The molecule has 0 fully saturated rings. The highest BCUT2D eigenvalue weighted by molar-refractivity contribution is 6.07. The van der Waals surface area contributed by atoms with E-state index in [1.165, 1.54) is 12.0 Å². The Morgan fingerprint density at radius 3 is 2.52 bits per heavy atom. The van der Waals surface area contributed by atoms with Crippen molar-refractivity contribution >= 4 is 17.5 Å². The van der Waals surface area contributed by atoms with Crippen LogP contribution in [-0.4, -0.2) is 37.9 Å². The molecule has 0 unspecified atom stereocenters. The molecule has 0 radical (unpaired) electrons. The fourth-order valence-electron chi connectivity index (χ4n) is 3.12. The number of allylic oxidation sites excluding steroid dienone is 1. The van der Waals surface area contributed by atoms with Crippen molar-refractivity contribution in [1.29, 1.82) is 0 Å². The monoisotopic (exact) mass is 364 g/mol. The van der Waals surface area contributed by atoms with Gasteiger partial charge in [-0.1, -0.05) is 55.8 Å². The quantitative estimate of drug-likeness (QED) is 0.424. The van der Waals surface area contributed by atoms with Crippen LogP contribution in [0.15, 0.2) is 54.6 Å². The second kappa shape index (κ2) is 10.7. The second-order valence-corrected chi connectivity index (χ2v) is 7.12. The highest BCUT2D eigenvalue weighted by Gasteiger charge is 2.08. The van der Waals surface area contributed by atoms with Gasteiger partial charge in [-0.3, -0.25) is 4.79 Å². The zero-order valence-electron chi connectivity index (χ0n) is 17.1. The predicted octanol–water partition coefficient (Wildman–Crippen LogP) is 5.27. The smallest absolute Gasteiger partial charge is 0.185 e. The van der Waals surface area contributed by atoms with Crippen molar-refractivity contribution in [1.82, 2.24) is 4.90 Å². The van der Waals surface area contributed by atoms with Crippen molar-refractivity contribution in [2.24, 2.45) is 0 Å². The predicted molar refractivity (Wildman–Crippen MR) is 116 cm³/mol. The molecule has 0 spiro atoms. The van der Waals surface area contributed by atoms with Crippen molar-refractivity contribution < 1.29 is 4.79 Å². The van der Waals surface area contributed by atoms with Crippen molar-refractivity contribution in [3.63, 3.8) is 0 Å². The van der Waals surface area contributed by atoms with Gasteiger partial charge in [0.05, 0.1) is 0 Å². The van der Waals surface area contributed by atoms with Crippen molar-refractivity contribution in [2.75, 3.05) is 32.1 Å². The number of benzene rings is 2. The minimum atomic E-state index is 0.0445. The van der Waals surface area contributed by atoms with Crippen LogP contribution >= 0.6 is 0 Å². The molecule has 0 aromatic heterocycles. The molecule has 0 aliphatic rings. The summed E-state index contributed by atoms with van der Waals surface area (Å²) >= 11 is 0. The lowest BCUT2D eigenvalue weighted by molar-refractivity contribution is 0.104. The van der Waals surface area contributed by atoms with E-state index in [4.69, 9.17) is 0 Å². The summed E-state index contributed by atoms with van der Waals surface area (Å²) in [5.41, 5.74) is 4.17. The molecule has 2 rings (SSSR count). The van der Waals surface area contributed by atoms with Crippen LogP contribution in [0.3, 0.4) is 0 Å². The first-order valence-corrected chi connectivity index (χ1v) is 9.85. The van der Waals surface area contributed by atoms with Gasteiger partial charge in [-0.15, -0.1) is 0 Å². The molecular weight excluding hydrogens is 332 g/mol. The lowest BCUT2D eigenvalue weighted by Gasteiger charge is -2.23. The Labute approximate surface area is 164 Å². The number of rotatable bonds is 10. The lowest BCUT2D eigenvalue weighted by atomic mass is 10.0. The van der Waals surface area contributed by atoms with Crippen LogP contribution in [0.25, 0.3) is 6.08 Å². The molecular formula is C24H32N2O. The molecule has 0 heterocycles. The minimum Gasteiger partial charge on any atom is -0.372 e. The number of hydrogen-bond acceptors (Lipinski definition) is 3. The first kappa shape index (κ1) is 20.9. The first-order chi connectivity index (χ1) is 13.0. The van der Waals surface area contributed by atoms with Gasteiger partial charge in [0.25, 0.3) is 0 Å². The third-order valence-corrected chi connectivity index (χ3v) is 4.62. The first-order valence-electron chi connectivity index (χ1n) is 9.85. The van der Waals surface area contributed by atoms with Gasteiger partial charge in [-0.05, 0) is 56.8 Å². The number of anilines is 1. The largest absolute Gasteiger partial charge is 0.372 e. The van der Waals surface area contributed by atoms with Crippen LogP contribution in [-0.2, 0) is 6.54 Å². The third-order valence-electron chi connectivity index (χ3n) is 4.62.